The molecule has 1 aliphatic rings. The van der Waals surface area contributed by atoms with Crippen molar-refractivity contribution < 1.29 is 9.90 Å². The first-order valence-electron chi connectivity index (χ1n) is 5.74. The topological polar surface area (TPSA) is 75.3 Å². The Morgan fingerprint density at radius 3 is 2.69 bits per heavy atom. The first-order valence-corrected chi connectivity index (χ1v) is 6.89. The van der Waals surface area contributed by atoms with Crippen molar-refractivity contribution in [2.75, 3.05) is 25.2 Å². The summed E-state index contributed by atoms with van der Waals surface area (Å²) in [5, 5.41) is 12.0. The number of carbonyl (C=O) groups is 1. The van der Waals surface area contributed by atoms with Gasteiger partial charge < -0.3 is 16.2 Å². The molecule has 4 N–H and O–H groups in total. The van der Waals surface area contributed by atoms with E-state index >= 15 is 0 Å². The molecule has 0 aromatic rings. The Kier molecular flexibility index (Phi) is 5.08. The number of nitrogens with two attached hydrogens (primary N) is 1. The highest BCUT2D eigenvalue weighted by Crippen LogP contribution is 2.41. The van der Waals surface area contributed by atoms with Gasteiger partial charge in [0.25, 0.3) is 0 Å². The molecule has 0 heterocycles. The van der Waals surface area contributed by atoms with E-state index in [2.05, 4.69) is 5.32 Å². The van der Waals surface area contributed by atoms with Crippen molar-refractivity contribution in [3.8, 4) is 0 Å². The Morgan fingerprint density at radius 1 is 1.69 bits per heavy atom. The number of aliphatic hydroxyl groups excluding tert-OH is 1. The molecule has 1 saturated carbocycles. The van der Waals surface area contributed by atoms with Gasteiger partial charge in [0.1, 0.15) is 5.54 Å². The van der Waals surface area contributed by atoms with Gasteiger partial charge in [-0.1, -0.05) is 6.92 Å². The summed E-state index contributed by atoms with van der Waals surface area (Å²) < 4.78 is 0. The quantitative estimate of drug-likeness (QED) is 0.572. The van der Waals surface area contributed by atoms with Crippen molar-refractivity contribution >= 4 is 17.7 Å². The largest absolute Gasteiger partial charge is 0.396 e. The van der Waals surface area contributed by atoms with Gasteiger partial charge >= 0.3 is 0 Å². The molecule has 5 heteroatoms. The van der Waals surface area contributed by atoms with Gasteiger partial charge in [-0.2, -0.15) is 11.8 Å². The number of likely N-dealkylation sites (N-methyl/N-ethyl adjacent to an activating group) is 1. The van der Waals surface area contributed by atoms with E-state index in [9.17, 15) is 4.79 Å². The van der Waals surface area contributed by atoms with E-state index < -0.39 is 5.54 Å². The average molecular weight is 246 g/mol. The predicted molar refractivity (Wildman–Crippen MR) is 67.3 cm³/mol. The fraction of sp³-hybridized carbons (Fsp3) is 0.909. The van der Waals surface area contributed by atoms with E-state index in [-0.39, 0.29) is 18.4 Å². The summed E-state index contributed by atoms with van der Waals surface area (Å²) in [6.45, 7) is 2.19. The molecule has 0 spiro atoms. The van der Waals surface area contributed by atoms with E-state index in [0.29, 0.717) is 11.7 Å². The molecule has 94 valence electrons. The van der Waals surface area contributed by atoms with Crippen LogP contribution in [-0.2, 0) is 4.79 Å². The lowest BCUT2D eigenvalue weighted by Crippen LogP contribution is -2.58. The van der Waals surface area contributed by atoms with Crippen LogP contribution in [0, 0.1) is 11.8 Å². The van der Waals surface area contributed by atoms with Crippen LogP contribution in [0.25, 0.3) is 0 Å². The third kappa shape index (κ3) is 3.12. The number of thioether (sulfide) groups is 1. The molecule has 0 aromatic carbocycles. The van der Waals surface area contributed by atoms with Gasteiger partial charge in [-0.05, 0) is 37.5 Å². The Hall–Kier alpha value is -0.260. The summed E-state index contributed by atoms with van der Waals surface area (Å²) in [5.41, 5.74) is 4.97. The second-order valence-electron chi connectivity index (χ2n) is 4.66. The van der Waals surface area contributed by atoms with E-state index in [1.165, 1.54) is 0 Å². The van der Waals surface area contributed by atoms with Crippen LogP contribution < -0.4 is 11.1 Å². The molecule has 0 radical (unpaired) electrons. The molecule has 2 unspecified atom stereocenters. The molecular formula is C11H22N2O2S. The van der Waals surface area contributed by atoms with Crippen LogP contribution in [0.3, 0.4) is 0 Å². The number of rotatable bonds is 8. The van der Waals surface area contributed by atoms with Crippen LogP contribution in [0.2, 0.25) is 0 Å². The molecule has 16 heavy (non-hydrogen) atoms. The lowest BCUT2D eigenvalue weighted by Gasteiger charge is -2.30. The number of hydrogen-bond acceptors (Lipinski definition) is 4. The second-order valence-corrected chi connectivity index (χ2v) is 5.69. The van der Waals surface area contributed by atoms with E-state index in [0.717, 1.165) is 18.6 Å². The van der Waals surface area contributed by atoms with Crippen molar-refractivity contribution in [2.24, 2.45) is 17.6 Å². The zero-order valence-electron chi connectivity index (χ0n) is 10.0. The zero-order valence-corrected chi connectivity index (χ0v) is 10.8. The average Bonchev–Trinajstić information content (AvgIpc) is 3.08. The molecular weight excluding hydrogens is 224 g/mol. The number of amides is 1. The highest BCUT2D eigenvalue weighted by molar-refractivity contribution is 7.99. The van der Waals surface area contributed by atoms with Crippen LogP contribution in [0.5, 0.6) is 0 Å². The molecule has 0 saturated heterocycles. The standard InChI is InChI=1S/C11H22N2O2S/c1-8(5-14)6-16-7-11(13-2,10(12)15)9-3-4-9/h8-9,13-14H,3-7H2,1-2H3,(H2,12,15). The molecule has 0 bridgehead atoms. The molecule has 0 aliphatic heterocycles. The van der Waals surface area contributed by atoms with Gasteiger partial charge in [-0.25, -0.2) is 0 Å². The van der Waals surface area contributed by atoms with Crippen LogP contribution in [0.4, 0.5) is 0 Å². The Bertz CT molecular complexity index is 246. The number of hydrogen-bond donors (Lipinski definition) is 3. The first-order chi connectivity index (χ1) is 7.56. The van der Waals surface area contributed by atoms with Gasteiger partial charge in [0.15, 0.2) is 0 Å². The lowest BCUT2D eigenvalue weighted by atomic mass is 9.95. The van der Waals surface area contributed by atoms with Gasteiger partial charge in [-0.15, -0.1) is 0 Å². The van der Waals surface area contributed by atoms with E-state index in [1.807, 2.05) is 6.92 Å². The van der Waals surface area contributed by atoms with E-state index in [4.69, 9.17) is 10.8 Å². The molecule has 1 rings (SSSR count). The number of nitrogens with one attached hydrogen (secondary N) is 1. The Labute approximate surface area is 101 Å². The Morgan fingerprint density at radius 2 is 2.31 bits per heavy atom. The van der Waals surface area contributed by atoms with Gasteiger partial charge in [-0.3, -0.25) is 4.79 Å². The minimum absolute atomic E-state index is 0.194. The normalized spacial score (nSPS) is 21.4. The summed E-state index contributed by atoms with van der Waals surface area (Å²) >= 11 is 1.69. The van der Waals surface area contributed by atoms with Gasteiger partial charge in [0, 0.05) is 12.4 Å². The summed E-state index contributed by atoms with van der Waals surface area (Å²) in [6.07, 6.45) is 2.17. The fourth-order valence-corrected chi connectivity index (χ4v) is 3.31. The molecule has 1 fully saturated rings. The third-order valence-corrected chi connectivity index (χ3v) is 4.67. The highest BCUT2D eigenvalue weighted by atomic mass is 32.2. The monoisotopic (exact) mass is 246 g/mol. The highest BCUT2D eigenvalue weighted by Gasteiger charge is 2.48. The van der Waals surface area contributed by atoms with Crippen LogP contribution in [0.1, 0.15) is 19.8 Å². The first kappa shape index (κ1) is 13.8. The zero-order chi connectivity index (χ0) is 12.2. The molecule has 0 aromatic heterocycles. The summed E-state index contributed by atoms with van der Waals surface area (Å²) in [7, 11) is 1.80. The number of primary amides is 1. The molecule has 4 nitrogen and oxygen atoms in total. The van der Waals surface area contributed by atoms with Crippen molar-refractivity contribution in [1.82, 2.24) is 5.32 Å². The van der Waals surface area contributed by atoms with Crippen LogP contribution >= 0.6 is 11.8 Å². The predicted octanol–water partition coefficient (Wildman–Crippen LogP) is 0.202. The van der Waals surface area contributed by atoms with E-state index in [1.54, 1.807) is 18.8 Å². The maximum Gasteiger partial charge on any atom is 0.238 e. The van der Waals surface area contributed by atoms with Crippen molar-refractivity contribution in [2.45, 2.75) is 25.3 Å². The Balaban J connectivity index is 2.47. The summed E-state index contributed by atoms with van der Waals surface area (Å²) in [5.74, 6) is 1.98. The SMILES string of the molecule is CNC(CSCC(C)CO)(C(N)=O)C1CC1. The van der Waals surface area contributed by atoms with Crippen LogP contribution in [-0.4, -0.2) is 41.7 Å². The number of carbonyl (C=O) groups excluding carboxylic acids is 1. The number of aliphatic hydroxyl groups is 1. The fourth-order valence-electron chi connectivity index (χ4n) is 1.84. The smallest absolute Gasteiger partial charge is 0.238 e. The molecule has 1 aliphatic carbocycles. The third-order valence-electron chi connectivity index (χ3n) is 3.20. The molecule has 2 atom stereocenters. The van der Waals surface area contributed by atoms with Crippen molar-refractivity contribution in [1.29, 1.82) is 0 Å². The van der Waals surface area contributed by atoms with Crippen molar-refractivity contribution in [3.05, 3.63) is 0 Å². The maximum absolute atomic E-state index is 11.6. The minimum Gasteiger partial charge on any atom is -0.396 e. The molecule has 1 amide bonds. The summed E-state index contributed by atoms with van der Waals surface area (Å²) in [6, 6.07) is 0. The van der Waals surface area contributed by atoms with Crippen molar-refractivity contribution in [3.63, 3.8) is 0 Å². The van der Waals surface area contributed by atoms with Gasteiger partial charge in [0.2, 0.25) is 5.91 Å². The van der Waals surface area contributed by atoms with Crippen LogP contribution in [0.15, 0.2) is 0 Å². The second kappa shape index (κ2) is 5.89. The summed E-state index contributed by atoms with van der Waals surface area (Å²) in [4.78, 5) is 11.6. The lowest BCUT2D eigenvalue weighted by molar-refractivity contribution is -0.124. The van der Waals surface area contributed by atoms with Gasteiger partial charge in [0.05, 0.1) is 0 Å². The maximum atomic E-state index is 11.6. The minimum atomic E-state index is -0.542.